The molecular weight excluding hydrogens is 248 g/mol. The Morgan fingerprint density at radius 3 is 2.72 bits per heavy atom. The van der Waals surface area contributed by atoms with Crippen molar-refractivity contribution in [1.29, 1.82) is 0 Å². The Balaban J connectivity index is 2.31. The molecule has 1 N–H and O–H groups in total. The number of para-hydroxylation sites is 1. The lowest BCUT2D eigenvalue weighted by molar-refractivity contribution is 0.453. The molecule has 18 heavy (non-hydrogen) atoms. The van der Waals surface area contributed by atoms with Crippen LogP contribution in [0.3, 0.4) is 0 Å². The molecule has 1 aromatic carbocycles. The largest absolute Gasteiger partial charge is 0.387 e. The van der Waals surface area contributed by atoms with Gasteiger partial charge >= 0.3 is 0 Å². The molecule has 1 heterocycles. The first kappa shape index (κ1) is 13.4. The molecule has 1 unspecified atom stereocenters. The molecule has 0 aliphatic carbocycles. The SMILES string of the molecule is CCC1CCN(S(=O)(=O)c2ccccc2NC)C1. The van der Waals surface area contributed by atoms with Gasteiger partial charge in [-0.05, 0) is 24.5 Å². The van der Waals surface area contributed by atoms with E-state index in [0.717, 1.165) is 12.8 Å². The third-order valence-electron chi connectivity index (χ3n) is 3.60. The summed E-state index contributed by atoms with van der Waals surface area (Å²) in [5.41, 5.74) is 0.664. The van der Waals surface area contributed by atoms with Crippen molar-refractivity contribution >= 4 is 15.7 Å². The average molecular weight is 268 g/mol. The molecule has 5 heteroatoms. The van der Waals surface area contributed by atoms with Crippen molar-refractivity contribution in [3.63, 3.8) is 0 Å². The average Bonchev–Trinajstić information content (AvgIpc) is 2.88. The quantitative estimate of drug-likeness (QED) is 0.910. The zero-order valence-electron chi connectivity index (χ0n) is 10.9. The first-order valence-electron chi connectivity index (χ1n) is 6.36. The van der Waals surface area contributed by atoms with Crippen molar-refractivity contribution in [3.05, 3.63) is 24.3 Å². The Labute approximate surface area is 109 Å². The van der Waals surface area contributed by atoms with E-state index in [2.05, 4.69) is 12.2 Å². The van der Waals surface area contributed by atoms with E-state index in [1.165, 1.54) is 0 Å². The normalized spacial score (nSPS) is 21.1. The minimum atomic E-state index is -3.35. The van der Waals surface area contributed by atoms with Crippen LogP contribution >= 0.6 is 0 Å². The summed E-state index contributed by atoms with van der Waals surface area (Å²) >= 11 is 0. The first-order chi connectivity index (χ1) is 8.59. The van der Waals surface area contributed by atoms with Gasteiger partial charge in [-0.15, -0.1) is 0 Å². The van der Waals surface area contributed by atoms with E-state index in [4.69, 9.17) is 0 Å². The number of hydrogen-bond acceptors (Lipinski definition) is 3. The van der Waals surface area contributed by atoms with Crippen LogP contribution in [0.1, 0.15) is 19.8 Å². The number of nitrogens with zero attached hydrogens (tertiary/aromatic N) is 1. The summed E-state index contributed by atoms with van der Waals surface area (Å²) in [6.45, 7) is 3.40. The Bertz CT molecular complexity index is 513. The van der Waals surface area contributed by atoms with Gasteiger partial charge in [-0.3, -0.25) is 0 Å². The van der Waals surface area contributed by atoms with Gasteiger partial charge in [-0.25, -0.2) is 8.42 Å². The maximum atomic E-state index is 12.6. The molecule has 0 aromatic heterocycles. The zero-order chi connectivity index (χ0) is 13.2. The van der Waals surface area contributed by atoms with Gasteiger partial charge in [-0.1, -0.05) is 25.5 Å². The third kappa shape index (κ3) is 2.37. The molecule has 1 aliphatic heterocycles. The van der Waals surface area contributed by atoms with Gasteiger partial charge < -0.3 is 5.32 Å². The summed E-state index contributed by atoms with van der Waals surface area (Å²) in [5, 5.41) is 2.94. The molecule has 0 amide bonds. The number of sulfonamides is 1. The Hall–Kier alpha value is -1.07. The molecule has 1 fully saturated rings. The summed E-state index contributed by atoms with van der Waals surface area (Å²) in [6.07, 6.45) is 2.01. The summed E-state index contributed by atoms with van der Waals surface area (Å²) in [6, 6.07) is 7.06. The predicted molar refractivity (Wildman–Crippen MR) is 73.1 cm³/mol. The van der Waals surface area contributed by atoms with Crippen LogP contribution in [0.25, 0.3) is 0 Å². The van der Waals surface area contributed by atoms with Crippen LogP contribution in [0.4, 0.5) is 5.69 Å². The van der Waals surface area contributed by atoms with E-state index in [1.807, 2.05) is 6.07 Å². The molecule has 100 valence electrons. The van der Waals surface area contributed by atoms with Crippen LogP contribution in [0.5, 0.6) is 0 Å². The molecule has 0 bridgehead atoms. The van der Waals surface area contributed by atoms with Crippen molar-refractivity contribution in [3.8, 4) is 0 Å². The van der Waals surface area contributed by atoms with E-state index < -0.39 is 10.0 Å². The number of benzene rings is 1. The predicted octanol–water partition coefficient (Wildman–Crippen LogP) is 2.15. The van der Waals surface area contributed by atoms with Crippen LogP contribution < -0.4 is 5.32 Å². The summed E-state index contributed by atoms with van der Waals surface area (Å²) < 4.78 is 26.7. The van der Waals surface area contributed by atoms with Gasteiger partial charge in [0.15, 0.2) is 0 Å². The van der Waals surface area contributed by atoms with Crippen molar-refractivity contribution < 1.29 is 8.42 Å². The van der Waals surface area contributed by atoms with Crippen LogP contribution in [-0.4, -0.2) is 32.9 Å². The highest BCUT2D eigenvalue weighted by molar-refractivity contribution is 7.89. The first-order valence-corrected chi connectivity index (χ1v) is 7.80. The van der Waals surface area contributed by atoms with Gasteiger partial charge in [0, 0.05) is 20.1 Å². The van der Waals surface area contributed by atoms with E-state index in [-0.39, 0.29) is 0 Å². The second-order valence-electron chi connectivity index (χ2n) is 4.67. The third-order valence-corrected chi connectivity index (χ3v) is 5.52. The topological polar surface area (TPSA) is 49.4 Å². The monoisotopic (exact) mass is 268 g/mol. The number of nitrogens with one attached hydrogen (secondary N) is 1. The Kier molecular flexibility index (Phi) is 3.92. The number of anilines is 1. The smallest absolute Gasteiger partial charge is 0.245 e. The molecule has 1 atom stereocenters. The van der Waals surface area contributed by atoms with Crippen molar-refractivity contribution in [1.82, 2.24) is 4.31 Å². The number of hydrogen-bond donors (Lipinski definition) is 1. The maximum absolute atomic E-state index is 12.6. The number of rotatable bonds is 4. The van der Waals surface area contributed by atoms with Crippen molar-refractivity contribution in [2.75, 3.05) is 25.5 Å². The van der Waals surface area contributed by atoms with Gasteiger partial charge in [0.25, 0.3) is 0 Å². The fourth-order valence-electron chi connectivity index (χ4n) is 2.39. The summed E-state index contributed by atoms with van der Waals surface area (Å²) in [7, 11) is -1.61. The van der Waals surface area contributed by atoms with Gasteiger partial charge in [0.1, 0.15) is 4.90 Å². The lowest BCUT2D eigenvalue weighted by Gasteiger charge is -2.18. The van der Waals surface area contributed by atoms with E-state index >= 15 is 0 Å². The second kappa shape index (κ2) is 5.28. The van der Waals surface area contributed by atoms with Gasteiger partial charge in [0.05, 0.1) is 5.69 Å². The molecule has 1 aromatic rings. The molecule has 1 saturated heterocycles. The summed E-state index contributed by atoms with van der Waals surface area (Å²) in [5.74, 6) is 0.501. The van der Waals surface area contributed by atoms with Gasteiger partial charge in [0.2, 0.25) is 10.0 Å². The fraction of sp³-hybridized carbons (Fsp3) is 0.538. The minimum absolute atomic E-state index is 0.379. The minimum Gasteiger partial charge on any atom is -0.387 e. The molecule has 0 spiro atoms. The lowest BCUT2D eigenvalue weighted by atomic mass is 10.1. The van der Waals surface area contributed by atoms with Crippen molar-refractivity contribution in [2.45, 2.75) is 24.7 Å². The van der Waals surface area contributed by atoms with Crippen LogP contribution in [0.2, 0.25) is 0 Å². The molecule has 2 rings (SSSR count). The molecular formula is C13H20N2O2S. The van der Waals surface area contributed by atoms with Crippen molar-refractivity contribution in [2.24, 2.45) is 5.92 Å². The highest BCUT2D eigenvalue weighted by Crippen LogP contribution is 2.29. The molecule has 4 nitrogen and oxygen atoms in total. The standard InChI is InChI=1S/C13H20N2O2S/c1-3-11-8-9-15(10-11)18(16,17)13-7-5-4-6-12(13)14-2/h4-7,11,14H,3,8-10H2,1-2H3. The summed E-state index contributed by atoms with van der Waals surface area (Å²) in [4.78, 5) is 0.379. The Morgan fingerprint density at radius 2 is 2.11 bits per heavy atom. The fourth-order valence-corrected chi connectivity index (χ4v) is 4.12. The van der Waals surface area contributed by atoms with E-state index in [1.54, 1.807) is 29.6 Å². The highest BCUT2D eigenvalue weighted by atomic mass is 32.2. The van der Waals surface area contributed by atoms with E-state index in [0.29, 0.717) is 29.6 Å². The maximum Gasteiger partial charge on any atom is 0.245 e. The van der Waals surface area contributed by atoms with Crippen LogP contribution in [-0.2, 0) is 10.0 Å². The van der Waals surface area contributed by atoms with Gasteiger partial charge in [-0.2, -0.15) is 4.31 Å². The zero-order valence-corrected chi connectivity index (χ0v) is 11.7. The van der Waals surface area contributed by atoms with Crippen LogP contribution in [0.15, 0.2) is 29.2 Å². The van der Waals surface area contributed by atoms with Crippen LogP contribution in [0, 0.1) is 5.92 Å². The lowest BCUT2D eigenvalue weighted by Crippen LogP contribution is -2.29. The Morgan fingerprint density at radius 1 is 1.39 bits per heavy atom. The molecule has 0 saturated carbocycles. The van der Waals surface area contributed by atoms with E-state index in [9.17, 15) is 8.42 Å². The molecule has 0 radical (unpaired) electrons. The second-order valence-corrected chi connectivity index (χ2v) is 6.58. The molecule has 1 aliphatic rings. The highest BCUT2D eigenvalue weighted by Gasteiger charge is 2.32.